The molecule has 0 bridgehead atoms. The van der Waals surface area contributed by atoms with E-state index in [1.54, 1.807) is 13.1 Å². The van der Waals surface area contributed by atoms with Gasteiger partial charge in [-0.25, -0.2) is 13.4 Å². The van der Waals surface area contributed by atoms with Crippen LogP contribution >= 0.6 is 34.5 Å². The molecular weight excluding hydrogens is 327 g/mol. The molecule has 8 heteroatoms. The summed E-state index contributed by atoms with van der Waals surface area (Å²) in [5, 5.41) is 0.812. The van der Waals surface area contributed by atoms with E-state index < -0.39 is 10.0 Å². The van der Waals surface area contributed by atoms with Gasteiger partial charge in [-0.1, -0.05) is 23.2 Å². The van der Waals surface area contributed by atoms with Gasteiger partial charge in [0.25, 0.3) is 10.0 Å². The van der Waals surface area contributed by atoms with Crippen LogP contribution in [0.4, 0.5) is 5.13 Å². The number of halogens is 2. The zero-order valence-electron chi connectivity index (χ0n) is 10.1. The van der Waals surface area contributed by atoms with Crippen LogP contribution in [0.15, 0.2) is 23.2 Å². The van der Waals surface area contributed by atoms with Crippen LogP contribution in [-0.2, 0) is 10.0 Å². The lowest BCUT2D eigenvalue weighted by Gasteiger charge is -2.09. The minimum atomic E-state index is -3.76. The van der Waals surface area contributed by atoms with Crippen molar-refractivity contribution < 1.29 is 8.42 Å². The van der Waals surface area contributed by atoms with E-state index in [1.807, 2.05) is 6.92 Å². The molecule has 0 spiro atoms. The van der Waals surface area contributed by atoms with Crippen molar-refractivity contribution in [2.75, 3.05) is 4.72 Å². The van der Waals surface area contributed by atoms with Gasteiger partial charge in [-0.15, -0.1) is 11.3 Å². The van der Waals surface area contributed by atoms with E-state index >= 15 is 0 Å². The number of nitrogens with one attached hydrogen (secondary N) is 1. The Bertz CT molecular complexity index is 726. The van der Waals surface area contributed by atoms with Gasteiger partial charge in [0.1, 0.15) is 4.90 Å². The zero-order chi connectivity index (χ0) is 14.2. The first kappa shape index (κ1) is 14.6. The Kier molecular flexibility index (Phi) is 4.06. The monoisotopic (exact) mass is 336 g/mol. The molecule has 0 fully saturated rings. The van der Waals surface area contributed by atoms with Crippen molar-refractivity contribution in [2.24, 2.45) is 0 Å². The molecule has 0 aliphatic heterocycles. The van der Waals surface area contributed by atoms with Gasteiger partial charge in [0.05, 0.1) is 5.02 Å². The second-order valence-corrected chi connectivity index (χ2v) is 7.61. The number of benzene rings is 1. The summed E-state index contributed by atoms with van der Waals surface area (Å²) in [5.74, 6) is 0. The molecule has 1 aromatic heterocycles. The predicted molar refractivity (Wildman–Crippen MR) is 78.9 cm³/mol. The van der Waals surface area contributed by atoms with E-state index in [4.69, 9.17) is 23.2 Å². The van der Waals surface area contributed by atoms with E-state index in [-0.39, 0.29) is 9.92 Å². The number of hydrogen-bond acceptors (Lipinski definition) is 4. The summed E-state index contributed by atoms with van der Waals surface area (Å²) in [7, 11) is -3.76. The topological polar surface area (TPSA) is 59.1 Å². The maximum atomic E-state index is 12.2. The lowest BCUT2D eigenvalue weighted by atomic mass is 10.2. The molecule has 2 rings (SSSR count). The van der Waals surface area contributed by atoms with Crippen molar-refractivity contribution in [3.05, 3.63) is 38.8 Å². The van der Waals surface area contributed by atoms with Crippen LogP contribution in [0.25, 0.3) is 0 Å². The summed E-state index contributed by atoms with van der Waals surface area (Å²) in [4.78, 5) is 4.86. The van der Waals surface area contributed by atoms with Crippen molar-refractivity contribution in [1.82, 2.24) is 4.98 Å². The van der Waals surface area contributed by atoms with Crippen LogP contribution in [0.2, 0.25) is 10.0 Å². The van der Waals surface area contributed by atoms with Gasteiger partial charge in [0.2, 0.25) is 0 Å². The summed E-state index contributed by atoms with van der Waals surface area (Å²) in [5.41, 5.74) is 0.641. The van der Waals surface area contributed by atoms with Gasteiger partial charge >= 0.3 is 0 Å². The van der Waals surface area contributed by atoms with Crippen molar-refractivity contribution in [3.63, 3.8) is 0 Å². The standard InChI is InChI=1S/C11H10Cl2N2O2S2/c1-6-3-10(9(13)4-8(6)12)19(16,17)15-11-14-5-7(2)18-11/h3-5H,1-2H3,(H,14,15). The van der Waals surface area contributed by atoms with Crippen molar-refractivity contribution in [2.45, 2.75) is 18.7 Å². The summed E-state index contributed by atoms with van der Waals surface area (Å²) in [6, 6.07) is 2.85. The van der Waals surface area contributed by atoms with Gasteiger partial charge in [-0.05, 0) is 31.5 Å². The maximum Gasteiger partial charge on any atom is 0.265 e. The molecule has 0 aliphatic rings. The number of hydrogen-bond donors (Lipinski definition) is 1. The third-order valence-corrected chi connectivity index (χ3v) is 5.51. The second-order valence-electron chi connectivity index (χ2n) is 3.91. The van der Waals surface area contributed by atoms with Gasteiger partial charge in [-0.2, -0.15) is 0 Å². The van der Waals surface area contributed by atoms with Crippen LogP contribution in [0.1, 0.15) is 10.4 Å². The molecule has 0 aliphatic carbocycles. The SMILES string of the molecule is Cc1cnc(NS(=O)(=O)c2cc(C)c(Cl)cc2Cl)s1. The summed E-state index contributed by atoms with van der Waals surface area (Å²) in [6.07, 6.45) is 1.59. The van der Waals surface area contributed by atoms with Crippen molar-refractivity contribution >= 4 is 49.7 Å². The zero-order valence-corrected chi connectivity index (χ0v) is 13.2. The molecule has 0 amide bonds. The molecule has 0 saturated heterocycles. The summed E-state index contributed by atoms with van der Waals surface area (Å²) in [6.45, 7) is 3.56. The van der Waals surface area contributed by atoms with E-state index in [1.165, 1.54) is 23.5 Å². The number of thiazole rings is 1. The fraction of sp³-hybridized carbons (Fsp3) is 0.182. The van der Waals surface area contributed by atoms with Crippen LogP contribution < -0.4 is 4.72 Å². The van der Waals surface area contributed by atoms with E-state index in [9.17, 15) is 8.42 Å². The minimum Gasteiger partial charge on any atom is -0.255 e. The molecule has 0 unspecified atom stereocenters. The fourth-order valence-electron chi connectivity index (χ4n) is 1.41. The Hall–Kier alpha value is -0.820. The highest BCUT2D eigenvalue weighted by Gasteiger charge is 2.20. The highest BCUT2D eigenvalue weighted by molar-refractivity contribution is 7.93. The molecule has 4 nitrogen and oxygen atoms in total. The molecule has 1 heterocycles. The molecule has 102 valence electrons. The Morgan fingerprint density at radius 1 is 1.21 bits per heavy atom. The third-order valence-electron chi connectivity index (χ3n) is 2.35. The van der Waals surface area contributed by atoms with E-state index in [2.05, 4.69) is 9.71 Å². The molecule has 2 aromatic rings. The highest BCUT2D eigenvalue weighted by atomic mass is 35.5. The average Bonchev–Trinajstić information content (AvgIpc) is 2.68. The number of sulfonamides is 1. The molecule has 1 N–H and O–H groups in total. The third kappa shape index (κ3) is 3.20. The summed E-state index contributed by atoms with van der Waals surface area (Å²) >= 11 is 13.1. The number of aryl methyl sites for hydroxylation is 2. The van der Waals surface area contributed by atoms with Crippen LogP contribution in [-0.4, -0.2) is 13.4 Å². The smallest absolute Gasteiger partial charge is 0.255 e. The molecule has 1 aromatic carbocycles. The first-order valence-corrected chi connectivity index (χ1v) is 8.26. The Balaban J connectivity index is 2.42. The molecule has 0 radical (unpaired) electrons. The van der Waals surface area contributed by atoms with Gasteiger partial charge in [-0.3, -0.25) is 4.72 Å². The van der Waals surface area contributed by atoms with Crippen LogP contribution in [0.5, 0.6) is 0 Å². The van der Waals surface area contributed by atoms with Crippen LogP contribution in [0, 0.1) is 13.8 Å². The maximum absolute atomic E-state index is 12.2. The normalized spacial score (nSPS) is 11.6. The Labute approximate surface area is 125 Å². The highest BCUT2D eigenvalue weighted by Crippen LogP contribution is 2.30. The molecular formula is C11H10Cl2N2O2S2. The molecule has 0 atom stereocenters. The van der Waals surface area contributed by atoms with E-state index in [0.717, 1.165) is 4.88 Å². The number of anilines is 1. The second kappa shape index (κ2) is 5.28. The first-order valence-electron chi connectivity index (χ1n) is 5.20. The summed E-state index contributed by atoms with van der Waals surface area (Å²) < 4.78 is 26.8. The van der Waals surface area contributed by atoms with Gasteiger partial charge < -0.3 is 0 Å². The molecule has 19 heavy (non-hydrogen) atoms. The quantitative estimate of drug-likeness (QED) is 0.925. The number of rotatable bonds is 3. The lowest BCUT2D eigenvalue weighted by molar-refractivity contribution is 0.601. The Morgan fingerprint density at radius 3 is 2.47 bits per heavy atom. The number of nitrogens with zero attached hydrogens (tertiary/aromatic N) is 1. The largest absolute Gasteiger partial charge is 0.265 e. The molecule has 0 saturated carbocycles. The average molecular weight is 337 g/mol. The van der Waals surface area contributed by atoms with Gasteiger partial charge in [0, 0.05) is 16.1 Å². The number of aromatic nitrogens is 1. The Morgan fingerprint density at radius 2 is 1.89 bits per heavy atom. The van der Waals surface area contributed by atoms with E-state index in [0.29, 0.717) is 15.7 Å². The van der Waals surface area contributed by atoms with Crippen molar-refractivity contribution in [3.8, 4) is 0 Å². The van der Waals surface area contributed by atoms with Gasteiger partial charge in [0.15, 0.2) is 5.13 Å². The first-order chi connectivity index (χ1) is 8.79. The minimum absolute atomic E-state index is 0.0103. The fourth-order valence-corrected chi connectivity index (χ4v) is 4.15. The van der Waals surface area contributed by atoms with Crippen LogP contribution in [0.3, 0.4) is 0 Å². The van der Waals surface area contributed by atoms with Crippen molar-refractivity contribution in [1.29, 1.82) is 0 Å². The lowest BCUT2D eigenvalue weighted by Crippen LogP contribution is -2.13. The predicted octanol–water partition coefficient (Wildman–Crippen LogP) is 3.87.